The first kappa shape index (κ1) is 10.7. The molecule has 1 aromatic carbocycles. The van der Waals surface area contributed by atoms with E-state index in [1.54, 1.807) is 0 Å². The lowest BCUT2D eigenvalue weighted by atomic mass is 10.0. The van der Waals surface area contributed by atoms with Gasteiger partial charge in [0.2, 0.25) is 0 Å². The Labute approximate surface area is 92.1 Å². The molecule has 0 bridgehead atoms. The van der Waals surface area contributed by atoms with Gasteiger partial charge < -0.3 is 10.6 Å². The molecule has 0 aromatic heterocycles. The Balaban J connectivity index is 1.86. The van der Waals surface area contributed by atoms with Gasteiger partial charge in [0.25, 0.3) is 0 Å². The van der Waals surface area contributed by atoms with Crippen molar-refractivity contribution in [3.63, 3.8) is 0 Å². The smallest absolute Gasteiger partial charge is 0.0232 e. The van der Waals surface area contributed by atoms with E-state index in [1.807, 2.05) is 0 Å². The Kier molecular flexibility index (Phi) is 4.18. The van der Waals surface area contributed by atoms with E-state index in [0.717, 1.165) is 13.0 Å². The average molecular weight is 204 g/mol. The second kappa shape index (κ2) is 5.89. The van der Waals surface area contributed by atoms with Gasteiger partial charge in [-0.05, 0) is 37.9 Å². The van der Waals surface area contributed by atoms with Crippen molar-refractivity contribution in [1.82, 2.24) is 10.6 Å². The van der Waals surface area contributed by atoms with E-state index in [-0.39, 0.29) is 0 Å². The third kappa shape index (κ3) is 3.65. The summed E-state index contributed by atoms with van der Waals surface area (Å²) >= 11 is 0. The summed E-state index contributed by atoms with van der Waals surface area (Å²) in [6, 6.07) is 11.3. The van der Waals surface area contributed by atoms with Gasteiger partial charge in [-0.15, -0.1) is 0 Å². The molecule has 0 spiro atoms. The summed E-state index contributed by atoms with van der Waals surface area (Å²) in [4.78, 5) is 0. The zero-order chi connectivity index (χ0) is 10.3. The molecule has 1 fully saturated rings. The van der Waals surface area contributed by atoms with Crippen LogP contribution in [0.4, 0.5) is 0 Å². The normalized spacial score (nSPS) is 23.1. The van der Waals surface area contributed by atoms with Crippen molar-refractivity contribution >= 4 is 0 Å². The van der Waals surface area contributed by atoms with Crippen LogP contribution < -0.4 is 10.6 Å². The van der Waals surface area contributed by atoms with Crippen LogP contribution >= 0.6 is 0 Å². The molecule has 0 radical (unpaired) electrons. The third-order valence-electron chi connectivity index (χ3n) is 2.93. The summed E-state index contributed by atoms with van der Waals surface area (Å²) in [5.41, 5.74) is 1.43. The molecule has 2 N–H and O–H groups in total. The van der Waals surface area contributed by atoms with Crippen molar-refractivity contribution in [2.24, 2.45) is 0 Å². The maximum atomic E-state index is 3.61. The third-order valence-corrected chi connectivity index (χ3v) is 2.93. The molecule has 1 atom stereocenters. The molecular weight excluding hydrogens is 184 g/mol. The fourth-order valence-electron chi connectivity index (χ4n) is 2.07. The summed E-state index contributed by atoms with van der Waals surface area (Å²) in [7, 11) is 0. The molecule has 0 aliphatic carbocycles. The summed E-state index contributed by atoms with van der Waals surface area (Å²) in [5.74, 6) is 0. The minimum Gasteiger partial charge on any atom is -0.315 e. The first-order chi connectivity index (χ1) is 7.45. The van der Waals surface area contributed by atoms with Crippen molar-refractivity contribution < 1.29 is 0 Å². The van der Waals surface area contributed by atoms with Gasteiger partial charge in [0, 0.05) is 12.6 Å². The van der Waals surface area contributed by atoms with E-state index in [9.17, 15) is 0 Å². The molecule has 15 heavy (non-hydrogen) atoms. The molecule has 1 aliphatic heterocycles. The minimum absolute atomic E-state index is 0.590. The zero-order valence-corrected chi connectivity index (χ0v) is 9.21. The lowest BCUT2D eigenvalue weighted by Gasteiger charge is -2.22. The van der Waals surface area contributed by atoms with E-state index in [2.05, 4.69) is 41.0 Å². The number of hydrogen-bond acceptors (Lipinski definition) is 2. The van der Waals surface area contributed by atoms with Crippen molar-refractivity contribution in [3.05, 3.63) is 35.9 Å². The van der Waals surface area contributed by atoms with E-state index < -0.39 is 0 Å². The topological polar surface area (TPSA) is 24.1 Å². The van der Waals surface area contributed by atoms with Gasteiger partial charge in [0.05, 0.1) is 0 Å². The standard InChI is InChI=1S/C13H20N2/c1-2-6-12(7-3-1)10-13-11-14-8-4-5-9-15-13/h1-3,6-7,13-15H,4-5,8-11H2/t13-/m1/s1. The number of benzene rings is 1. The minimum atomic E-state index is 0.590. The predicted molar refractivity (Wildman–Crippen MR) is 64.0 cm³/mol. The predicted octanol–water partition coefficient (Wildman–Crippen LogP) is 1.57. The van der Waals surface area contributed by atoms with Crippen LogP contribution in [0.3, 0.4) is 0 Å². The van der Waals surface area contributed by atoms with Crippen molar-refractivity contribution in [2.45, 2.75) is 25.3 Å². The van der Waals surface area contributed by atoms with E-state index >= 15 is 0 Å². The van der Waals surface area contributed by atoms with Crippen molar-refractivity contribution in [3.8, 4) is 0 Å². The van der Waals surface area contributed by atoms with Crippen LogP contribution in [0.15, 0.2) is 30.3 Å². The second-order valence-corrected chi connectivity index (χ2v) is 4.25. The van der Waals surface area contributed by atoms with Gasteiger partial charge in [-0.25, -0.2) is 0 Å². The molecule has 2 heteroatoms. The Morgan fingerprint density at radius 2 is 1.87 bits per heavy atom. The van der Waals surface area contributed by atoms with Crippen LogP contribution in [0.2, 0.25) is 0 Å². The highest BCUT2D eigenvalue weighted by atomic mass is 15.0. The fraction of sp³-hybridized carbons (Fsp3) is 0.538. The summed E-state index contributed by atoms with van der Waals surface area (Å²) < 4.78 is 0. The first-order valence-electron chi connectivity index (χ1n) is 5.93. The largest absolute Gasteiger partial charge is 0.315 e. The second-order valence-electron chi connectivity index (χ2n) is 4.25. The molecule has 0 amide bonds. The van der Waals surface area contributed by atoms with E-state index in [4.69, 9.17) is 0 Å². The van der Waals surface area contributed by atoms with Gasteiger partial charge in [-0.3, -0.25) is 0 Å². The molecule has 82 valence electrons. The molecule has 1 saturated heterocycles. The number of nitrogens with one attached hydrogen (secondary N) is 2. The van der Waals surface area contributed by atoms with Crippen LogP contribution in [-0.2, 0) is 6.42 Å². The highest BCUT2D eigenvalue weighted by Crippen LogP contribution is 2.04. The highest BCUT2D eigenvalue weighted by Gasteiger charge is 2.10. The SMILES string of the molecule is c1ccc(C[C@@H]2CNCCCCN2)cc1. The molecule has 1 heterocycles. The number of hydrogen-bond donors (Lipinski definition) is 2. The lowest BCUT2D eigenvalue weighted by molar-refractivity contribution is 0.429. The van der Waals surface area contributed by atoms with Crippen LogP contribution in [-0.4, -0.2) is 25.7 Å². The Morgan fingerprint density at radius 3 is 2.73 bits per heavy atom. The fourth-order valence-corrected chi connectivity index (χ4v) is 2.07. The lowest BCUT2D eigenvalue weighted by Crippen LogP contribution is -2.43. The van der Waals surface area contributed by atoms with Crippen LogP contribution in [0.5, 0.6) is 0 Å². The quantitative estimate of drug-likeness (QED) is 0.764. The molecule has 2 nitrogen and oxygen atoms in total. The molecule has 1 aliphatic rings. The van der Waals surface area contributed by atoms with Crippen LogP contribution in [0, 0.1) is 0 Å². The van der Waals surface area contributed by atoms with Gasteiger partial charge >= 0.3 is 0 Å². The van der Waals surface area contributed by atoms with Gasteiger partial charge in [0.15, 0.2) is 0 Å². The maximum Gasteiger partial charge on any atom is 0.0232 e. The van der Waals surface area contributed by atoms with Gasteiger partial charge in [-0.2, -0.15) is 0 Å². The molecular formula is C13H20N2. The maximum absolute atomic E-state index is 3.61. The zero-order valence-electron chi connectivity index (χ0n) is 9.21. The first-order valence-corrected chi connectivity index (χ1v) is 5.93. The van der Waals surface area contributed by atoms with Crippen LogP contribution in [0.1, 0.15) is 18.4 Å². The van der Waals surface area contributed by atoms with Crippen LogP contribution in [0.25, 0.3) is 0 Å². The molecule has 0 unspecified atom stereocenters. The average Bonchev–Trinajstić information content (AvgIpc) is 2.23. The summed E-state index contributed by atoms with van der Waals surface area (Å²) in [5, 5.41) is 7.10. The Morgan fingerprint density at radius 1 is 1.07 bits per heavy atom. The molecule has 0 saturated carbocycles. The van der Waals surface area contributed by atoms with Gasteiger partial charge in [0.1, 0.15) is 0 Å². The van der Waals surface area contributed by atoms with E-state index in [0.29, 0.717) is 6.04 Å². The molecule has 2 rings (SSSR count). The monoisotopic (exact) mass is 204 g/mol. The molecule has 1 aromatic rings. The summed E-state index contributed by atoms with van der Waals surface area (Å²) in [6.45, 7) is 3.43. The van der Waals surface area contributed by atoms with Gasteiger partial charge in [-0.1, -0.05) is 30.3 Å². The Hall–Kier alpha value is -0.860. The van der Waals surface area contributed by atoms with Crippen molar-refractivity contribution in [2.75, 3.05) is 19.6 Å². The number of rotatable bonds is 2. The highest BCUT2D eigenvalue weighted by molar-refractivity contribution is 5.16. The Bertz CT molecular complexity index is 263. The van der Waals surface area contributed by atoms with Crippen molar-refractivity contribution in [1.29, 1.82) is 0 Å². The summed E-state index contributed by atoms with van der Waals surface area (Å²) in [6.07, 6.45) is 3.72. The van der Waals surface area contributed by atoms with E-state index in [1.165, 1.54) is 31.5 Å².